The van der Waals surface area contributed by atoms with Crippen molar-refractivity contribution >= 4 is 17.8 Å². The second-order valence-corrected chi connectivity index (χ2v) is 9.97. The third-order valence-corrected chi connectivity index (χ3v) is 6.80. The maximum atomic E-state index is 13.0. The van der Waals surface area contributed by atoms with Crippen LogP contribution in [-0.4, -0.2) is 40.9 Å². The van der Waals surface area contributed by atoms with Gasteiger partial charge in [-0.3, -0.25) is 19.9 Å². The number of guanidine groups is 1. The third kappa shape index (κ3) is 3.77. The minimum absolute atomic E-state index is 0.0216. The number of amides is 2. The van der Waals surface area contributed by atoms with Crippen molar-refractivity contribution in [3.05, 3.63) is 29.8 Å². The van der Waals surface area contributed by atoms with E-state index in [0.29, 0.717) is 18.9 Å². The molecule has 3 unspecified atom stereocenters. The van der Waals surface area contributed by atoms with E-state index in [2.05, 4.69) is 10.6 Å². The summed E-state index contributed by atoms with van der Waals surface area (Å²) < 4.78 is 6.18. The summed E-state index contributed by atoms with van der Waals surface area (Å²) in [4.78, 5) is 26.9. The SMILES string of the molecule is CC1(C)CC(=O)N(CC2C[C@H]2C(=O)NC2CC(C3CC3)Oc3ccccc32)C(=N)N1. The Morgan fingerprint density at radius 1 is 1.30 bits per heavy atom. The maximum absolute atomic E-state index is 13.0. The molecule has 2 saturated carbocycles. The predicted molar refractivity (Wildman–Crippen MR) is 112 cm³/mol. The summed E-state index contributed by atoms with van der Waals surface area (Å²) in [5.41, 5.74) is 0.666. The second kappa shape index (κ2) is 7.00. The lowest BCUT2D eigenvalue weighted by molar-refractivity contribution is -0.131. The first-order valence-corrected chi connectivity index (χ1v) is 11.0. The Labute approximate surface area is 177 Å². The quantitative estimate of drug-likeness (QED) is 0.695. The molecule has 1 aromatic carbocycles. The van der Waals surface area contributed by atoms with Gasteiger partial charge >= 0.3 is 0 Å². The van der Waals surface area contributed by atoms with Crippen LogP contribution < -0.4 is 15.4 Å². The average molecular weight is 411 g/mol. The number of hydrogen-bond donors (Lipinski definition) is 3. The number of carbonyl (C=O) groups excluding carboxylic acids is 2. The minimum Gasteiger partial charge on any atom is -0.490 e. The molecule has 2 aliphatic carbocycles. The van der Waals surface area contributed by atoms with E-state index in [4.69, 9.17) is 10.1 Å². The van der Waals surface area contributed by atoms with E-state index in [1.165, 1.54) is 17.7 Å². The highest BCUT2D eigenvalue weighted by Crippen LogP contribution is 2.45. The van der Waals surface area contributed by atoms with Crippen molar-refractivity contribution in [2.45, 2.75) is 63.6 Å². The molecule has 2 amide bonds. The Kier molecular flexibility index (Phi) is 4.52. The first-order chi connectivity index (χ1) is 14.3. The minimum atomic E-state index is -0.389. The summed E-state index contributed by atoms with van der Waals surface area (Å²) in [6.07, 6.45) is 4.54. The van der Waals surface area contributed by atoms with E-state index in [0.717, 1.165) is 24.2 Å². The molecule has 3 N–H and O–H groups in total. The molecule has 2 aliphatic heterocycles. The molecule has 0 radical (unpaired) electrons. The molecule has 0 spiro atoms. The Morgan fingerprint density at radius 2 is 2.07 bits per heavy atom. The van der Waals surface area contributed by atoms with Gasteiger partial charge in [0.05, 0.1) is 6.04 Å². The number of carbonyl (C=O) groups is 2. The molecule has 7 nitrogen and oxygen atoms in total. The van der Waals surface area contributed by atoms with Crippen molar-refractivity contribution in [2.24, 2.45) is 17.8 Å². The zero-order chi connectivity index (χ0) is 21.0. The van der Waals surface area contributed by atoms with Crippen LogP contribution in [0.1, 0.15) is 57.6 Å². The largest absolute Gasteiger partial charge is 0.490 e. The van der Waals surface area contributed by atoms with Crippen LogP contribution >= 0.6 is 0 Å². The fraction of sp³-hybridized carbons (Fsp3) is 0.609. The van der Waals surface area contributed by atoms with Gasteiger partial charge in [0, 0.05) is 36.4 Å². The Hall–Kier alpha value is -2.57. The molecular formula is C23H30N4O3. The zero-order valence-corrected chi connectivity index (χ0v) is 17.6. The number of nitrogens with one attached hydrogen (secondary N) is 3. The summed E-state index contributed by atoms with van der Waals surface area (Å²) >= 11 is 0. The number of ether oxygens (including phenoxy) is 1. The van der Waals surface area contributed by atoms with Crippen LogP contribution in [-0.2, 0) is 9.59 Å². The lowest BCUT2D eigenvalue weighted by Gasteiger charge is -2.38. The lowest BCUT2D eigenvalue weighted by Crippen LogP contribution is -2.60. The molecular weight excluding hydrogens is 380 g/mol. The molecule has 160 valence electrons. The molecule has 1 saturated heterocycles. The average Bonchev–Trinajstić information content (AvgIpc) is 3.58. The second-order valence-electron chi connectivity index (χ2n) is 9.97. The predicted octanol–water partition coefficient (Wildman–Crippen LogP) is 2.58. The fourth-order valence-corrected chi connectivity index (χ4v) is 4.85. The Bertz CT molecular complexity index is 874. The first kappa shape index (κ1) is 19.4. The zero-order valence-electron chi connectivity index (χ0n) is 17.6. The van der Waals surface area contributed by atoms with Crippen LogP contribution in [0.25, 0.3) is 0 Å². The highest BCUT2D eigenvalue weighted by Gasteiger charge is 2.48. The molecule has 7 heteroatoms. The van der Waals surface area contributed by atoms with E-state index in [1.807, 2.05) is 38.1 Å². The third-order valence-electron chi connectivity index (χ3n) is 6.80. The van der Waals surface area contributed by atoms with Crippen molar-refractivity contribution in [1.29, 1.82) is 5.41 Å². The smallest absolute Gasteiger partial charge is 0.231 e. The van der Waals surface area contributed by atoms with Crippen LogP contribution in [0.15, 0.2) is 24.3 Å². The number of fused-ring (bicyclic) bond motifs is 1. The molecule has 1 aromatic rings. The van der Waals surface area contributed by atoms with Crippen molar-refractivity contribution in [1.82, 2.24) is 15.5 Å². The standard InChI is InChI=1S/C23H30N4O3/c1-23(2)11-20(28)27(22(24)26-23)12-14-9-16(14)21(29)25-17-10-19(13-7-8-13)30-18-6-4-3-5-15(17)18/h3-6,13-14,16-17,19H,7-12H2,1-2H3,(H2,24,26)(H,25,29)/t14?,16-,17?,19?/m1/s1. The van der Waals surface area contributed by atoms with Gasteiger partial charge < -0.3 is 15.4 Å². The Morgan fingerprint density at radius 3 is 2.80 bits per heavy atom. The molecule has 30 heavy (non-hydrogen) atoms. The first-order valence-electron chi connectivity index (χ1n) is 11.0. The van der Waals surface area contributed by atoms with Gasteiger partial charge in [0.15, 0.2) is 5.96 Å². The van der Waals surface area contributed by atoms with Crippen LogP contribution in [0.5, 0.6) is 5.75 Å². The van der Waals surface area contributed by atoms with E-state index in [-0.39, 0.29) is 47.3 Å². The van der Waals surface area contributed by atoms with Crippen LogP contribution in [0, 0.1) is 23.2 Å². The van der Waals surface area contributed by atoms with Gasteiger partial charge in [-0.1, -0.05) is 18.2 Å². The molecule has 5 rings (SSSR count). The summed E-state index contributed by atoms with van der Waals surface area (Å²) in [6, 6.07) is 7.97. The van der Waals surface area contributed by atoms with Gasteiger partial charge in [0.1, 0.15) is 11.9 Å². The van der Waals surface area contributed by atoms with Crippen LogP contribution in [0.2, 0.25) is 0 Å². The summed E-state index contributed by atoms with van der Waals surface area (Å²) in [6.45, 7) is 4.28. The van der Waals surface area contributed by atoms with Gasteiger partial charge in [-0.25, -0.2) is 0 Å². The lowest BCUT2D eigenvalue weighted by atomic mass is 9.94. The van der Waals surface area contributed by atoms with Crippen molar-refractivity contribution < 1.29 is 14.3 Å². The van der Waals surface area contributed by atoms with Crippen LogP contribution in [0.3, 0.4) is 0 Å². The number of nitrogens with zero attached hydrogens (tertiary/aromatic N) is 1. The van der Waals surface area contributed by atoms with Gasteiger partial charge in [-0.05, 0) is 51.0 Å². The van der Waals surface area contributed by atoms with Crippen molar-refractivity contribution in [3.8, 4) is 5.75 Å². The van der Waals surface area contributed by atoms with E-state index in [9.17, 15) is 9.59 Å². The molecule has 4 atom stereocenters. The van der Waals surface area contributed by atoms with E-state index in [1.54, 1.807) is 0 Å². The van der Waals surface area contributed by atoms with Gasteiger partial charge in [0.25, 0.3) is 0 Å². The monoisotopic (exact) mass is 410 g/mol. The van der Waals surface area contributed by atoms with Crippen molar-refractivity contribution in [2.75, 3.05) is 6.54 Å². The summed E-state index contributed by atoms with van der Waals surface area (Å²) in [5.74, 6) is 1.69. The summed E-state index contributed by atoms with van der Waals surface area (Å²) in [5, 5.41) is 14.5. The molecule has 2 heterocycles. The number of benzene rings is 1. The van der Waals surface area contributed by atoms with Gasteiger partial charge in [0.2, 0.25) is 11.8 Å². The summed E-state index contributed by atoms with van der Waals surface area (Å²) in [7, 11) is 0. The van der Waals surface area contributed by atoms with E-state index < -0.39 is 0 Å². The number of hydrogen-bond acceptors (Lipinski definition) is 4. The highest BCUT2D eigenvalue weighted by molar-refractivity contribution is 5.99. The number of rotatable bonds is 5. The van der Waals surface area contributed by atoms with E-state index >= 15 is 0 Å². The molecule has 0 bridgehead atoms. The Balaban J connectivity index is 1.21. The molecule has 4 aliphatic rings. The maximum Gasteiger partial charge on any atom is 0.231 e. The molecule has 3 fully saturated rings. The molecule has 0 aromatic heterocycles. The van der Waals surface area contributed by atoms with Crippen LogP contribution in [0.4, 0.5) is 0 Å². The highest BCUT2D eigenvalue weighted by atomic mass is 16.5. The van der Waals surface area contributed by atoms with Gasteiger partial charge in [-0.2, -0.15) is 0 Å². The number of para-hydroxylation sites is 1. The van der Waals surface area contributed by atoms with Gasteiger partial charge in [-0.15, -0.1) is 0 Å². The topological polar surface area (TPSA) is 94.5 Å². The van der Waals surface area contributed by atoms with Crippen molar-refractivity contribution in [3.63, 3.8) is 0 Å². The fourth-order valence-electron chi connectivity index (χ4n) is 4.85. The normalized spacial score (nSPS) is 32.0.